The van der Waals surface area contributed by atoms with Crippen LogP contribution >= 0.6 is 11.6 Å². The zero-order valence-electron chi connectivity index (χ0n) is 15.9. The van der Waals surface area contributed by atoms with Crippen molar-refractivity contribution in [1.82, 2.24) is 20.1 Å². The minimum Gasteiger partial charge on any atom is -0.343 e. The van der Waals surface area contributed by atoms with Crippen molar-refractivity contribution >= 4 is 28.3 Å². The summed E-state index contributed by atoms with van der Waals surface area (Å²) < 4.78 is 1.54. The van der Waals surface area contributed by atoms with Gasteiger partial charge in [0.05, 0.1) is 16.5 Å². The first-order valence-corrected chi connectivity index (χ1v) is 9.59. The maximum Gasteiger partial charge on any atom is 0.272 e. The Morgan fingerprint density at radius 3 is 2.53 bits per heavy atom. The summed E-state index contributed by atoms with van der Waals surface area (Å²) in [5.41, 5.74) is 0.631. The van der Waals surface area contributed by atoms with Gasteiger partial charge >= 0.3 is 0 Å². The topological polar surface area (TPSA) is 96.8 Å². The van der Waals surface area contributed by atoms with Gasteiger partial charge in [-0.05, 0) is 42.6 Å². The van der Waals surface area contributed by atoms with E-state index < -0.39 is 17.5 Å². The fourth-order valence-electron chi connectivity index (χ4n) is 3.32. The van der Waals surface area contributed by atoms with Crippen molar-refractivity contribution in [3.8, 4) is 5.69 Å². The first-order valence-electron chi connectivity index (χ1n) is 9.22. The first-order chi connectivity index (χ1) is 14.5. The number of aromatic nitrogens is 3. The van der Waals surface area contributed by atoms with Crippen LogP contribution < -0.4 is 16.4 Å². The monoisotopic (exact) mass is 420 g/mol. The Morgan fingerprint density at radius 2 is 1.83 bits per heavy atom. The van der Waals surface area contributed by atoms with Crippen molar-refractivity contribution in [2.24, 2.45) is 0 Å². The van der Waals surface area contributed by atoms with Crippen LogP contribution in [0.25, 0.3) is 16.5 Å². The number of benzene rings is 2. The van der Waals surface area contributed by atoms with Crippen molar-refractivity contribution < 1.29 is 4.79 Å². The number of nitrogens with one attached hydrogen (secondary N) is 2. The van der Waals surface area contributed by atoms with Crippen molar-refractivity contribution in [1.29, 1.82) is 0 Å². The number of rotatable bonds is 4. The normalized spacial score (nSPS) is 11.9. The number of fused-ring (bicyclic) bond motifs is 1. The molecule has 0 bridgehead atoms. The van der Waals surface area contributed by atoms with Gasteiger partial charge in [-0.25, -0.2) is 5.10 Å². The Morgan fingerprint density at radius 1 is 1.07 bits per heavy atom. The number of para-hydroxylation sites is 1. The average Bonchev–Trinajstić information content (AvgIpc) is 2.74. The molecule has 8 heteroatoms. The summed E-state index contributed by atoms with van der Waals surface area (Å²) in [4.78, 5) is 37.1. The number of carbonyl (C=O) groups excluding carboxylic acids is 1. The molecule has 1 unspecified atom stereocenters. The molecular weight excluding hydrogens is 404 g/mol. The third-order valence-electron chi connectivity index (χ3n) is 4.74. The summed E-state index contributed by atoms with van der Waals surface area (Å²) in [5, 5.41) is 10.3. The summed E-state index contributed by atoms with van der Waals surface area (Å²) in [6.07, 6.45) is 0. The van der Waals surface area contributed by atoms with Gasteiger partial charge in [0.2, 0.25) is 0 Å². The van der Waals surface area contributed by atoms with E-state index in [1.807, 2.05) is 36.4 Å². The summed E-state index contributed by atoms with van der Waals surface area (Å²) in [6.45, 7) is 1.77. The summed E-state index contributed by atoms with van der Waals surface area (Å²) in [7, 11) is 0. The fraction of sp³-hybridized carbons (Fsp3) is 0.0909. The Balaban J connectivity index is 1.84. The van der Waals surface area contributed by atoms with Crippen LogP contribution in [0.1, 0.15) is 29.1 Å². The maximum atomic E-state index is 13.4. The van der Waals surface area contributed by atoms with Crippen LogP contribution in [0.4, 0.5) is 0 Å². The molecule has 7 nitrogen and oxygen atoms in total. The molecule has 1 atom stereocenters. The van der Waals surface area contributed by atoms with E-state index in [9.17, 15) is 14.4 Å². The van der Waals surface area contributed by atoms with Gasteiger partial charge in [0, 0.05) is 17.4 Å². The van der Waals surface area contributed by atoms with Gasteiger partial charge in [-0.15, -0.1) is 0 Å². The summed E-state index contributed by atoms with van der Waals surface area (Å²) in [6, 6.07) is 18.2. The molecule has 1 amide bonds. The van der Waals surface area contributed by atoms with Gasteiger partial charge in [0.15, 0.2) is 0 Å². The van der Waals surface area contributed by atoms with Crippen LogP contribution in [0.5, 0.6) is 0 Å². The lowest BCUT2D eigenvalue weighted by molar-refractivity contribution is 0.0932. The largest absolute Gasteiger partial charge is 0.343 e. The van der Waals surface area contributed by atoms with Gasteiger partial charge in [-0.1, -0.05) is 41.9 Å². The van der Waals surface area contributed by atoms with Crippen LogP contribution in [-0.2, 0) is 0 Å². The zero-order valence-corrected chi connectivity index (χ0v) is 16.7. The van der Waals surface area contributed by atoms with E-state index in [0.29, 0.717) is 27.2 Å². The minimum atomic E-state index is -0.539. The Labute approximate surface area is 175 Å². The molecule has 0 aliphatic rings. The highest BCUT2D eigenvalue weighted by molar-refractivity contribution is 6.35. The van der Waals surface area contributed by atoms with E-state index in [1.165, 1.54) is 12.1 Å². The van der Waals surface area contributed by atoms with E-state index in [-0.39, 0.29) is 11.3 Å². The van der Waals surface area contributed by atoms with Crippen LogP contribution in [0, 0.1) is 0 Å². The van der Waals surface area contributed by atoms with Crippen LogP contribution in [0.15, 0.2) is 76.3 Å². The number of hydrogen-bond acceptors (Lipinski definition) is 4. The standard InChI is InChI=1S/C22H17ClN4O3/c1-13(24-21(29)17-10-11-19(28)26-25-17)18-12-14-6-5-9-16(23)20(14)22(30)27(18)15-7-3-2-4-8-15/h2-13H,1H3,(H,24,29)(H,26,28). The fourth-order valence-corrected chi connectivity index (χ4v) is 3.58. The zero-order chi connectivity index (χ0) is 21.3. The lowest BCUT2D eigenvalue weighted by Gasteiger charge is -2.21. The number of carbonyl (C=O) groups is 1. The number of pyridine rings is 1. The second kappa shape index (κ2) is 7.96. The van der Waals surface area contributed by atoms with Crippen molar-refractivity contribution in [2.75, 3.05) is 0 Å². The quantitative estimate of drug-likeness (QED) is 0.529. The highest BCUT2D eigenvalue weighted by Gasteiger charge is 2.20. The molecule has 0 saturated carbocycles. The number of amides is 1. The Bertz CT molecular complexity index is 1340. The van der Waals surface area contributed by atoms with Crippen LogP contribution in [0.3, 0.4) is 0 Å². The summed E-state index contributed by atoms with van der Waals surface area (Å²) >= 11 is 6.31. The van der Waals surface area contributed by atoms with Gasteiger partial charge < -0.3 is 5.32 Å². The molecule has 0 aliphatic carbocycles. The third kappa shape index (κ3) is 3.62. The van der Waals surface area contributed by atoms with E-state index >= 15 is 0 Å². The predicted molar refractivity (Wildman–Crippen MR) is 115 cm³/mol. The predicted octanol–water partition coefficient (Wildman–Crippen LogP) is 3.22. The molecule has 0 fully saturated rings. The van der Waals surface area contributed by atoms with Crippen molar-refractivity contribution in [2.45, 2.75) is 13.0 Å². The highest BCUT2D eigenvalue weighted by atomic mass is 35.5. The number of aromatic amines is 1. The van der Waals surface area contributed by atoms with Crippen LogP contribution in [-0.4, -0.2) is 20.7 Å². The molecule has 150 valence electrons. The summed E-state index contributed by atoms with van der Waals surface area (Å²) in [5.74, 6) is -0.475. The third-order valence-corrected chi connectivity index (χ3v) is 5.06. The molecule has 0 spiro atoms. The van der Waals surface area contributed by atoms with E-state index in [2.05, 4.69) is 15.5 Å². The average molecular weight is 421 g/mol. The number of hydrogen-bond donors (Lipinski definition) is 2. The van der Waals surface area contributed by atoms with E-state index in [1.54, 1.807) is 29.7 Å². The number of H-pyrrole nitrogens is 1. The maximum absolute atomic E-state index is 13.4. The molecule has 4 rings (SSSR count). The van der Waals surface area contributed by atoms with Gasteiger partial charge in [-0.3, -0.25) is 19.0 Å². The minimum absolute atomic E-state index is 0.0684. The van der Waals surface area contributed by atoms with Crippen molar-refractivity contribution in [3.05, 3.63) is 104 Å². The molecule has 0 saturated heterocycles. The van der Waals surface area contributed by atoms with E-state index in [0.717, 1.165) is 0 Å². The van der Waals surface area contributed by atoms with Gasteiger partial charge in [0.25, 0.3) is 17.0 Å². The first kappa shape index (κ1) is 19.6. The van der Waals surface area contributed by atoms with E-state index in [4.69, 9.17) is 11.6 Å². The lowest BCUT2D eigenvalue weighted by atomic mass is 10.1. The molecule has 2 N–H and O–H groups in total. The number of halogens is 1. The van der Waals surface area contributed by atoms with Crippen LogP contribution in [0.2, 0.25) is 5.02 Å². The molecule has 2 aromatic carbocycles. The molecular formula is C22H17ClN4O3. The molecule has 30 heavy (non-hydrogen) atoms. The SMILES string of the molecule is CC(NC(=O)c1ccc(=O)[nH]n1)c1cc2cccc(Cl)c2c(=O)n1-c1ccccc1. The second-order valence-corrected chi connectivity index (χ2v) is 7.16. The van der Waals surface area contributed by atoms with Crippen molar-refractivity contribution in [3.63, 3.8) is 0 Å². The smallest absolute Gasteiger partial charge is 0.272 e. The highest BCUT2D eigenvalue weighted by Crippen LogP contribution is 2.25. The van der Waals surface area contributed by atoms with Gasteiger partial charge in [0.1, 0.15) is 5.69 Å². The molecule has 0 radical (unpaired) electrons. The number of nitrogens with zero attached hydrogens (tertiary/aromatic N) is 2. The molecule has 2 heterocycles. The Hall–Kier alpha value is -3.71. The van der Waals surface area contributed by atoms with Gasteiger partial charge in [-0.2, -0.15) is 5.10 Å². The lowest BCUT2D eigenvalue weighted by Crippen LogP contribution is -2.33. The Kier molecular flexibility index (Phi) is 5.20. The molecule has 0 aliphatic heterocycles. The molecule has 4 aromatic rings. The second-order valence-electron chi connectivity index (χ2n) is 6.75. The molecule has 2 aromatic heterocycles.